The van der Waals surface area contributed by atoms with Gasteiger partial charge < -0.3 is 14.8 Å². The number of hydrogen-bond acceptors (Lipinski definition) is 3. The highest BCUT2D eigenvalue weighted by molar-refractivity contribution is 6.71. The van der Waals surface area contributed by atoms with Gasteiger partial charge in [-0.1, -0.05) is 19.8 Å². The van der Waals surface area contributed by atoms with Gasteiger partial charge in [-0.05, 0) is 32.5 Å². The van der Waals surface area contributed by atoms with E-state index >= 15 is 0 Å². The van der Waals surface area contributed by atoms with E-state index in [0.29, 0.717) is 13.0 Å². The molecule has 116 valence electrons. The molecule has 20 heavy (non-hydrogen) atoms. The zero-order valence-corrected chi connectivity index (χ0v) is 13.9. The van der Waals surface area contributed by atoms with Crippen LogP contribution in [0.2, 0.25) is 19.1 Å². The number of nitrogens with one attached hydrogen (secondary N) is 1. The Morgan fingerprint density at radius 1 is 1.50 bits per heavy atom. The van der Waals surface area contributed by atoms with E-state index in [1.165, 1.54) is 12.8 Å². The third kappa shape index (κ3) is 4.59. The number of carbonyl (C=O) groups excluding carboxylic acids is 1. The minimum atomic E-state index is -1.62. The molecule has 6 heteroatoms. The maximum Gasteiger partial charge on any atom is 0.308 e. The van der Waals surface area contributed by atoms with E-state index in [1.807, 2.05) is 0 Å². The van der Waals surface area contributed by atoms with E-state index in [9.17, 15) is 9.59 Å². The first-order chi connectivity index (χ1) is 9.28. The zero-order chi connectivity index (χ0) is 15.3. The summed E-state index contributed by atoms with van der Waals surface area (Å²) >= 11 is 0. The van der Waals surface area contributed by atoms with Crippen molar-refractivity contribution in [2.75, 3.05) is 6.61 Å². The number of β-lactam (4-membered cyclic amide) rings is 1. The van der Waals surface area contributed by atoms with E-state index in [2.05, 4.69) is 25.3 Å². The van der Waals surface area contributed by atoms with Gasteiger partial charge in [0.1, 0.15) is 0 Å². The number of aliphatic carboxylic acids is 1. The fourth-order valence-corrected chi connectivity index (χ4v) is 4.53. The van der Waals surface area contributed by atoms with Gasteiger partial charge in [0.05, 0.1) is 17.9 Å². The van der Waals surface area contributed by atoms with Crippen LogP contribution >= 0.6 is 0 Å². The molecule has 0 saturated carbocycles. The number of hydrogen-bond donors (Lipinski definition) is 2. The molecule has 0 spiro atoms. The summed E-state index contributed by atoms with van der Waals surface area (Å²) in [6, 6.07) is 0.888. The number of carboxylic acid groups (broad SMARTS) is 1. The third-order valence-electron chi connectivity index (χ3n) is 4.06. The largest absolute Gasteiger partial charge is 0.481 e. The molecule has 1 rings (SSSR count). The van der Waals surface area contributed by atoms with Gasteiger partial charge in [0.25, 0.3) is 0 Å². The summed E-state index contributed by atoms with van der Waals surface area (Å²) in [6.07, 6.45) is 2.97. The van der Waals surface area contributed by atoms with E-state index in [4.69, 9.17) is 9.53 Å². The SMILES string of the molecule is CCCC[Si](C)(C)OCC[C@@H]1C(=O)N[C@@H]1[C@@H](C)C(=O)O. The Hall–Kier alpha value is -0.883. The predicted molar refractivity (Wildman–Crippen MR) is 80.0 cm³/mol. The highest BCUT2D eigenvalue weighted by Crippen LogP contribution is 2.26. The van der Waals surface area contributed by atoms with E-state index in [-0.39, 0.29) is 17.9 Å². The number of unbranched alkanes of at least 4 members (excludes halogenated alkanes) is 1. The van der Waals surface area contributed by atoms with Crippen LogP contribution in [0.15, 0.2) is 0 Å². The molecule has 0 aromatic heterocycles. The molecule has 1 fully saturated rings. The molecule has 0 unspecified atom stereocenters. The fraction of sp³-hybridized carbons (Fsp3) is 0.857. The van der Waals surface area contributed by atoms with Gasteiger partial charge in [0.15, 0.2) is 8.32 Å². The lowest BCUT2D eigenvalue weighted by atomic mass is 9.80. The molecule has 1 heterocycles. The highest BCUT2D eigenvalue weighted by atomic mass is 28.4. The van der Waals surface area contributed by atoms with Crippen molar-refractivity contribution in [2.24, 2.45) is 11.8 Å². The van der Waals surface area contributed by atoms with Crippen LogP contribution in [-0.4, -0.2) is 37.9 Å². The Bertz CT molecular complexity index is 359. The average molecular weight is 301 g/mol. The van der Waals surface area contributed by atoms with E-state index in [1.54, 1.807) is 6.92 Å². The van der Waals surface area contributed by atoms with Crippen LogP contribution in [0.1, 0.15) is 33.1 Å². The van der Waals surface area contributed by atoms with E-state index < -0.39 is 20.2 Å². The number of carbonyl (C=O) groups is 2. The summed E-state index contributed by atoms with van der Waals surface area (Å²) in [6.45, 7) is 8.76. The topological polar surface area (TPSA) is 75.6 Å². The van der Waals surface area contributed by atoms with Gasteiger partial charge in [-0.15, -0.1) is 0 Å². The monoisotopic (exact) mass is 301 g/mol. The van der Waals surface area contributed by atoms with Crippen molar-refractivity contribution in [3.63, 3.8) is 0 Å². The summed E-state index contributed by atoms with van der Waals surface area (Å²) in [4.78, 5) is 22.5. The van der Waals surface area contributed by atoms with Crippen LogP contribution in [0.25, 0.3) is 0 Å². The second kappa shape index (κ2) is 7.22. The Morgan fingerprint density at radius 3 is 2.65 bits per heavy atom. The normalized spacial score (nSPS) is 23.9. The molecule has 2 N–H and O–H groups in total. The lowest BCUT2D eigenvalue weighted by Crippen LogP contribution is -2.62. The number of amides is 1. The second-order valence-electron chi connectivity index (χ2n) is 6.27. The van der Waals surface area contributed by atoms with Gasteiger partial charge in [0, 0.05) is 6.61 Å². The zero-order valence-electron chi connectivity index (χ0n) is 12.9. The molecule has 0 aliphatic carbocycles. The van der Waals surface area contributed by atoms with Gasteiger partial charge in [0.2, 0.25) is 5.91 Å². The first-order valence-corrected chi connectivity index (χ1v) is 10.6. The standard InChI is InChI=1S/C14H27NO4Si/c1-5-6-9-20(3,4)19-8-7-11-12(15-13(11)16)10(2)14(17)18/h10-12H,5-9H2,1-4H3,(H,15,16)(H,17,18)/t10-,11+,12-/m1/s1. The lowest BCUT2D eigenvalue weighted by molar-refractivity contribution is -0.148. The Balaban J connectivity index is 2.37. The summed E-state index contributed by atoms with van der Waals surface area (Å²) in [5.74, 6) is -1.65. The summed E-state index contributed by atoms with van der Waals surface area (Å²) in [5.41, 5.74) is 0. The number of carboxylic acids is 1. The third-order valence-corrected chi connectivity index (χ3v) is 6.60. The summed E-state index contributed by atoms with van der Waals surface area (Å²) in [7, 11) is -1.62. The van der Waals surface area contributed by atoms with Crippen molar-refractivity contribution in [1.29, 1.82) is 0 Å². The summed E-state index contributed by atoms with van der Waals surface area (Å²) < 4.78 is 5.99. The first kappa shape index (κ1) is 17.2. The van der Waals surface area contributed by atoms with Crippen molar-refractivity contribution < 1.29 is 19.1 Å². The molecule has 1 aliphatic rings. The van der Waals surface area contributed by atoms with E-state index in [0.717, 1.165) is 6.04 Å². The maximum atomic E-state index is 11.5. The van der Waals surface area contributed by atoms with Crippen molar-refractivity contribution in [1.82, 2.24) is 5.32 Å². The van der Waals surface area contributed by atoms with Crippen LogP contribution in [0.4, 0.5) is 0 Å². The van der Waals surface area contributed by atoms with Crippen LogP contribution < -0.4 is 5.32 Å². The van der Waals surface area contributed by atoms with Crippen molar-refractivity contribution in [3.05, 3.63) is 0 Å². The lowest BCUT2D eigenvalue weighted by Gasteiger charge is -2.39. The van der Waals surface area contributed by atoms with Crippen molar-refractivity contribution in [3.8, 4) is 0 Å². The number of rotatable bonds is 9. The Kier molecular flexibility index (Phi) is 6.20. The molecule has 0 radical (unpaired) electrons. The Labute approximate surface area is 122 Å². The predicted octanol–water partition coefficient (Wildman–Crippen LogP) is 2.23. The maximum absolute atomic E-state index is 11.5. The smallest absolute Gasteiger partial charge is 0.308 e. The molecular formula is C14H27NO4Si. The highest BCUT2D eigenvalue weighted by Gasteiger charge is 2.44. The molecule has 3 atom stereocenters. The molecular weight excluding hydrogens is 274 g/mol. The van der Waals surface area contributed by atoms with Crippen LogP contribution in [0, 0.1) is 11.8 Å². The molecule has 1 amide bonds. The van der Waals surface area contributed by atoms with Crippen LogP contribution in [0.3, 0.4) is 0 Å². The van der Waals surface area contributed by atoms with Gasteiger partial charge >= 0.3 is 5.97 Å². The Morgan fingerprint density at radius 2 is 2.15 bits per heavy atom. The summed E-state index contributed by atoms with van der Waals surface area (Å²) in [5, 5.41) is 11.7. The minimum Gasteiger partial charge on any atom is -0.481 e. The molecule has 5 nitrogen and oxygen atoms in total. The van der Waals surface area contributed by atoms with Crippen molar-refractivity contribution >= 4 is 20.2 Å². The molecule has 1 saturated heterocycles. The molecule has 0 aromatic carbocycles. The van der Waals surface area contributed by atoms with Gasteiger partial charge in [-0.25, -0.2) is 0 Å². The van der Waals surface area contributed by atoms with Crippen LogP contribution in [0.5, 0.6) is 0 Å². The van der Waals surface area contributed by atoms with Crippen LogP contribution in [-0.2, 0) is 14.0 Å². The minimum absolute atomic E-state index is 0.0419. The molecule has 0 bridgehead atoms. The second-order valence-corrected chi connectivity index (χ2v) is 10.6. The molecule has 0 aromatic rings. The van der Waals surface area contributed by atoms with Gasteiger partial charge in [-0.3, -0.25) is 9.59 Å². The average Bonchev–Trinajstić information content (AvgIpc) is 2.37. The first-order valence-electron chi connectivity index (χ1n) is 7.45. The quantitative estimate of drug-likeness (QED) is 0.506. The fourth-order valence-electron chi connectivity index (χ4n) is 2.51. The van der Waals surface area contributed by atoms with Gasteiger partial charge in [-0.2, -0.15) is 0 Å². The molecule has 1 aliphatic heterocycles. The van der Waals surface area contributed by atoms with Crippen molar-refractivity contribution in [2.45, 2.75) is 58.3 Å².